The van der Waals surface area contributed by atoms with E-state index in [0.29, 0.717) is 5.56 Å². The third kappa shape index (κ3) is 2.02. The quantitative estimate of drug-likeness (QED) is 0.797. The number of nitrogens with two attached hydrogens (primary N) is 1. The number of hydrogen-bond donors (Lipinski definition) is 1. The maximum absolute atomic E-state index is 11.8. The molecule has 18 heavy (non-hydrogen) atoms. The summed E-state index contributed by atoms with van der Waals surface area (Å²) in [5.74, 6) is -1.22. The monoisotopic (exact) mass is 244 g/mol. The molecule has 0 fully saturated rings. The van der Waals surface area contributed by atoms with Crippen LogP contribution in [0.1, 0.15) is 12.5 Å². The number of esters is 1. The lowest BCUT2D eigenvalue weighted by atomic mass is 10.0. The summed E-state index contributed by atoms with van der Waals surface area (Å²) in [6, 6.07) is 8.92. The average Bonchev–Trinajstić information content (AvgIpc) is 2.67. The second-order valence-corrected chi connectivity index (χ2v) is 3.64. The summed E-state index contributed by atoms with van der Waals surface area (Å²) in [7, 11) is 0. The van der Waals surface area contributed by atoms with E-state index in [1.165, 1.54) is 0 Å². The molecule has 5 nitrogen and oxygen atoms in total. The van der Waals surface area contributed by atoms with E-state index in [1.54, 1.807) is 31.2 Å². The van der Waals surface area contributed by atoms with E-state index in [9.17, 15) is 9.59 Å². The molecule has 0 unspecified atom stereocenters. The molecule has 0 atom stereocenters. The number of hydrogen-bond acceptors (Lipinski definition) is 4. The number of carbonyl (C=O) groups excluding carboxylic acids is 2. The van der Waals surface area contributed by atoms with Gasteiger partial charge in [-0.05, 0) is 6.92 Å². The molecule has 2 rings (SSSR count). The molecule has 0 saturated heterocycles. The molecule has 92 valence electrons. The van der Waals surface area contributed by atoms with Crippen LogP contribution in [0.2, 0.25) is 0 Å². The standard InChI is InChI=1S/C13H12N2O3/c1-2-18-13(17)9-10(14)12(16)15-11(9)8-6-4-3-5-7-8/h3-7H,2H2,1H3,(H2,14,15,16). The Labute approximate surface area is 104 Å². The summed E-state index contributed by atoms with van der Waals surface area (Å²) < 4.78 is 4.89. The normalized spacial score (nSPS) is 14.7. The predicted octanol–water partition coefficient (Wildman–Crippen LogP) is 0.792. The molecular weight excluding hydrogens is 232 g/mol. The summed E-state index contributed by atoms with van der Waals surface area (Å²) in [6.45, 7) is 1.90. The SMILES string of the molecule is CCOC(=O)C1=C(N)C(=O)N=C1c1ccccc1. The Morgan fingerprint density at radius 2 is 2.00 bits per heavy atom. The first-order chi connectivity index (χ1) is 8.65. The molecule has 0 aromatic heterocycles. The Morgan fingerprint density at radius 3 is 2.61 bits per heavy atom. The van der Waals surface area contributed by atoms with E-state index >= 15 is 0 Å². The molecule has 1 aliphatic rings. The largest absolute Gasteiger partial charge is 0.462 e. The average molecular weight is 244 g/mol. The first kappa shape index (κ1) is 12.0. The Morgan fingerprint density at radius 1 is 1.33 bits per heavy atom. The van der Waals surface area contributed by atoms with Crippen molar-refractivity contribution in [3.8, 4) is 0 Å². The highest BCUT2D eigenvalue weighted by Gasteiger charge is 2.31. The van der Waals surface area contributed by atoms with Crippen LogP contribution in [0.4, 0.5) is 0 Å². The lowest BCUT2D eigenvalue weighted by Gasteiger charge is -2.06. The van der Waals surface area contributed by atoms with Gasteiger partial charge in [-0.2, -0.15) is 0 Å². The first-order valence-electron chi connectivity index (χ1n) is 5.50. The van der Waals surface area contributed by atoms with Crippen molar-refractivity contribution in [1.82, 2.24) is 0 Å². The van der Waals surface area contributed by atoms with Crippen LogP contribution in [0.25, 0.3) is 0 Å². The van der Waals surface area contributed by atoms with Gasteiger partial charge >= 0.3 is 5.97 Å². The highest BCUT2D eigenvalue weighted by Crippen LogP contribution is 2.20. The van der Waals surface area contributed by atoms with E-state index in [1.807, 2.05) is 6.07 Å². The van der Waals surface area contributed by atoms with Gasteiger partial charge in [0.15, 0.2) is 0 Å². The minimum absolute atomic E-state index is 0.0491. The van der Waals surface area contributed by atoms with Gasteiger partial charge in [0.1, 0.15) is 11.3 Å². The smallest absolute Gasteiger partial charge is 0.342 e. The van der Waals surface area contributed by atoms with Crippen LogP contribution in [-0.2, 0) is 14.3 Å². The lowest BCUT2D eigenvalue weighted by Crippen LogP contribution is -2.19. The van der Waals surface area contributed by atoms with E-state index in [0.717, 1.165) is 0 Å². The minimum Gasteiger partial charge on any atom is -0.462 e. The van der Waals surface area contributed by atoms with Crippen LogP contribution >= 0.6 is 0 Å². The predicted molar refractivity (Wildman–Crippen MR) is 65.8 cm³/mol. The van der Waals surface area contributed by atoms with Gasteiger partial charge in [0.2, 0.25) is 0 Å². The fraction of sp³-hybridized carbons (Fsp3) is 0.154. The first-order valence-corrected chi connectivity index (χ1v) is 5.50. The molecule has 0 saturated carbocycles. The summed E-state index contributed by atoms with van der Waals surface area (Å²) in [5.41, 5.74) is 6.42. The molecule has 0 radical (unpaired) electrons. The highest BCUT2D eigenvalue weighted by atomic mass is 16.5. The molecule has 1 aromatic carbocycles. The summed E-state index contributed by atoms with van der Waals surface area (Å²) in [6.07, 6.45) is 0. The van der Waals surface area contributed by atoms with E-state index in [-0.39, 0.29) is 23.6 Å². The Balaban J connectivity index is 2.45. The molecule has 5 heteroatoms. The van der Waals surface area contributed by atoms with Gasteiger partial charge in [0.25, 0.3) is 5.91 Å². The zero-order valence-electron chi connectivity index (χ0n) is 9.84. The number of rotatable bonds is 3. The van der Waals surface area contributed by atoms with Gasteiger partial charge < -0.3 is 10.5 Å². The molecule has 1 aromatic rings. The van der Waals surface area contributed by atoms with Gasteiger partial charge in [0.05, 0.1) is 12.3 Å². The van der Waals surface area contributed by atoms with Crippen LogP contribution in [0.5, 0.6) is 0 Å². The summed E-state index contributed by atoms with van der Waals surface area (Å²) in [5, 5.41) is 0. The van der Waals surface area contributed by atoms with Gasteiger partial charge in [-0.15, -0.1) is 0 Å². The number of aliphatic imine (C=N–C) groups is 1. The zero-order valence-corrected chi connectivity index (χ0v) is 9.84. The second-order valence-electron chi connectivity index (χ2n) is 3.64. The zero-order chi connectivity index (χ0) is 13.1. The number of ether oxygens (including phenoxy) is 1. The summed E-state index contributed by atoms with van der Waals surface area (Å²) in [4.78, 5) is 27.1. The lowest BCUT2D eigenvalue weighted by molar-refractivity contribution is -0.138. The van der Waals surface area contributed by atoms with E-state index in [2.05, 4.69) is 4.99 Å². The number of benzene rings is 1. The maximum Gasteiger partial charge on any atom is 0.342 e. The van der Waals surface area contributed by atoms with Crippen molar-refractivity contribution in [2.45, 2.75) is 6.92 Å². The molecule has 0 bridgehead atoms. The van der Waals surface area contributed by atoms with Crippen molar-refractivity contribution in [3.05, 3.63) is 47.2 Å². The van der Waals surface area contributed by atoms with Gasteiger partial charge in [0, 0.05) is 5.56 Å². The van der Waals surface area contributed by atoms with Crippen LogP contribution in [0.3, 0.4) is 0 Å². The third-order valence-corrected chi connectivity index (χ3v) is 2.48. The fourth-order valence-corrected chi connectivity index (χ4v) is 1.67. The van der Waals surface area contributed by atoms with E-state index < -0.39 is 11.9 Å². The molecular formula is C13H12N2O3. The molecule has 1 amide bonds. The minimum atomic E-state index is -0.622. The van der Waals surface area contributed by atoms with Crippen LogP contribution in [0.15, 0.2) is 46.6 Å². The fourth-order valence-electron chi connectivity index (χ4n) is 1.67. The van der Waals surface area contributed by atoms with Gasteiger partial charge in [-0.3, -0.25) is 4.79 Å². The van der Waals surface area contributed by atoms with Crippen molar-refractivity contribution >= 4 is 17.6 Å². The summed E-state index contributed by atoms with van der Waals surface area (Å²) >= 11 is 0. The Hall–Kier alpha value is -2.43. The van der Waals surface area contributed by atoms with Gasteiger partial charge in [-0.25, -0.2) is 9.79 Å². The molecule has 0 spiro atoms. The van der Waals surface area contributed by atoms with Crippen LogP contribution < -0.4 is 5.73 Å². The van der Waals surface area contributed by atoms with Crippen molar-refractivity contribution in [3.63, 3.8) is 0 Å². The van der Waals surface area contributed by atoms with Crippen molar-refractivity contribution in [2.24, 2.45) is 10.7 Å². The number of nitrogens with zero attached hydrogens (tertiary/aromatic N) is 1. The Kier molecular flexibility index (Phi) is 3.23. The van der Waals surface area contributed by atoms with Gasteiger partial charge in [-0.1, -0.05) is 30.3 Å². The van der Waals surface area contributed by atoms with Crippen molar-refractivity contribution in [2.75, 3.05) is 6.61 Å². The Bertz CT molecular complexity index is 559. The van der Waals surface area contributed by atoms with E-state index in [4.69, 9.17) is 10.5 Å². The topological polar surface area (TPSA) is 81.8 Å². The van der Waals surface area contributed by atoms with Crippen LogP contribution in [-0.4, -0.2) is 24.2 Å². The third-order valence-electron chi connectivity index (χ3n) is 2.48. The molecule has 1 heterocycles. The molecule has 2 N–H and O–H groups in total. The maximum atomic E-state index is 11.8. The highest BCUT2D eigenvalue weighted by molar-refractivity contribution is 6.35. The number of amides is 1. The molecule has 0 aliphatic carbocycles. The van der Waals surface area contributed by atoms with Crippen molar-refractivity contribution < 1.29 is 14.3 Å². The molecule has 1 aliphatic heterocycles. The second kappa shape index (κ2) is 4.83. The number of carbonyl (C=O) groups is 2. The van der Waals surface area contributed by atoms with Crippen molar-refractivity contribution in [1.29, 1.82) is 0 Å². The van der Waals surface area contributed by atoms with Crippen LogP contribution in [0, 0.1) is 0 Å².